The van der Waals surface area contributed by atoms with E-state index in [2.05, 4.69) is 5.32 Å². The van der Waals surface area contributed by atoms with E-state index in [1.165, 1.54) is 12.1 Å². The van der Waals surface area contributed by atoms with E-state index < -0.39 is 11.6 Å². The van der Waals surface area contributed by atoms with Crippen LogP contribution in [-0.4, -0.2) is 5.84 Å². The molecule has 0 radical (unpaired) electrons. The summed E-state index contributed by atoms with van der Waals surface area (Å²) in [5.74, 6) is -0.443. The molecule has 4 rings (SSSR count). The van der Waals surface area contributed by atoms with Crippen molar-refractivity contribution >= 4 is 5.84 Å². The van der Waals surface area contributed by atoms with E-state index in [0.29, 0.717) is 11.4 Å². The predicted molar refractivity (Wildman–Crippen MR) is 104 cm³/mol. The summed E-state index contributed by atoms with van der Waals surface area (Å²) in [7, 11) is 0. The summed E-state index contributed by atoms with van der Waals surface area (Å²) in [6, 6.07) is 22.6. The molecule has 1 aliphatic heterocycles. The van der Waals surface area contributed by atoms with Gasteiger partial charge in [-0.25, -0.2) is 8.78 Å². The Bertz CT molecular complexity index is 968. The molecule has 2 unspecified atom stereocenters. The maximum Gasteiger partial charge on any atom is 0.132 e. The monoisotopic (exact) mass is 362 g/mol. The number of nitrogens with zero attached hydrogens (tertiary/aromatic N) is 1. The van der Waals surface area contributed by atoms with Crippen molar-refractivity contribution in [1.82, 2.24) is 5.32 Å². The second kappa shape index (κ2) is 7.31. The van der Waals surface area contributed by atoms with Crippen LogP contribution in [0.2, 0.25) is 0 Å². The third-order valence-corrected chi connectivity index (χ3v) is 4.96. The molecule has 0 aliphatic carbocycles. The van der Waals surface area contributed by atoms with Gasteiger partial charge in [-0.05, 0) is 29.7 Å². The van der Waals surface area contributed by atoms with Crippen LogP contribution >= 0.6 is 0 Å². The fourth-order valence-corrected chi connectivity index (χ4v) is 3.52. The van der Waals surface area contributed by atoms with Crippen LogP contribution in [0.15, 0.2) is 77.8 Å². The zero-order valence-corrected chi connectivity index (χ0v) is 15.0. The maximum atomic E-state index is 14.4. The van der Waals surface area contributed by atoms with Gasteiger partial charge in [0.25, 0.3) is 0 Å². The number of nitrogens with one attached hydrogen (secondary N) is 1. The molecule has 0 spiro atoms. The summed E-state index contributed by atoms with van der Waals surface area (Å²) in [6.45, 7) is 1.64. The Labute approximate surface area is 157 Å². The van der Waals surface area contributed by atoms with Gasteiger partial charge in [-0.2, -0.15) is 0 Å². The van der Waals surface area contributed by atoms with Crippen molar-refractivity contribution in [3.8, 4) is 0 Å². The molecule has 1 heterocycles. The van der Waals surface area contributed by atoms with Crippen LogP contribution in [0.4, 0.5) is 8.78 Å². The lowest BCUT2D eigenvalue weighted by molar-refractivity contribution is 0.555. The Kier molecular flexibility index (Phi) is 4.71. The van der Waals surface area contributed by atoms with E-state index in [1.807, 2.05) is 60.7 Å². The van der Waals surface area contributed by atoms with Crippen molar-refractivity contribution in [2.45, 2.75) is 25.4 Å². The molecule has 136 valence electrons. The van der Waals surface area contributed by atoms with Crippen molar-refractivity contribution in [2.24, 2.45) is 4.99 Å². The average molecular weight is 362 g/mol. The highest BCUT2D eigenvalue weighted by molar-refractivity contribution is 5.87. The van der Waals surface area contributed by atoms with Crippen LogP contribution in [0.3, 0.4) is 0 Å². The zero-order chi connectivity index (χ0) is 18.8. The quantitative estimate of drug-likeness (QED) is 0.669. The number of aryl methyl sites for hydroxylation is 1. The number of benzene rings is 3. The van der Waals surface area contributed by atoms with Crippen molar-refractivity contribution < 1.29 is 8.78 Å². The van der Waals surface area contributed by atoms with Crippen molar-refractivity contribution in [1.29, 1.82) is 0 Å². The normalized spacial score (nSPS) is 18.9. The summed E-state index contributed by atoms with van der Waals surface area (Å²) in [6.07, 6.45) is 0.103. The van der Waals surface area contributed by atoms with E-state index in [0.717, 1.165) is 11.1 Å². The number of rotatable bonds is 4. The minimum atomic E-state index is -0.540. The Morgan fingerprint density at radius 1 is 0.852 bits per heavy atom. The van der Waals surface area contributed by atoms with Crippen LogP contribution in [0.5, 0.6) is 0 Å². The first kappa shape index (κ1) is 17.4. The molecule has 2 atom stereocenters. The van der Waals surface area contributed by atoms with Crippen LogP contribution in [0.25, 0.3) is 0 Å². The second-order valence-electron chi connectivity index (χ2n) is 6.80. The lowest BCUT2D eigenvalue weighted by atomic mass is 9.95. The Morgan fingerprint density at radius 3 is 2.15 bits per heavy atom. The first-order valence-corrected chi connectivity index (χ1v) is 9.00. The molecule has 0 bridgehead atoms. The molecular weight excluding hydrogens is 342 g/mol. The topological polar surface area (TPSA) is 24.4 Å². The third-order valence-electron chi connectivity index (χ3n) is 4.96. The number of hydrogen-bond acceptors (Lipinski definition) is 2. The number of halogens is 2. The van der Waals surface area contributed by atoms with Gasteiger partial charge in [0.05, 0.1) is 6.04 Å². The molecule has 0 aromatic heterocycles. The first-order chi connectivity index (χ1) is 13.1. The zero-order valence-electron chi connectivity index (χ0n) is 15.0. The molecule has 0 fully saturated rings. The second-order valence-corrected chi connectivity index (χ2v) is 6.80. The third kappa shape index (κ3) is 3.47. The molecule has 3 aromatic carbocycles. The molecule has 0 saturated heterocycles. The molecule has 1 N–H and O–H groups in total. The van der Waals surface area contributed by atoms with Gasteiger partial charge in [-0.1, -0.05) is 66.7 Å². The van der Waals surface area contributed by atoms with Crippen molar-refractivity contribution in [2.75, 3.05) is 0 Å². The average Bonchev–Trinajstić information content (AvgIpc) is 3.14. The van der Waals surface area contributed by atoms with E-state index in [-0.39, 0.29) is 24.1 Å². The predicted octanol–water partition coefficient (Wildman–Crippen LogP) is 5.30. The highest BCUT2D eigenvalue weighted by Crippen LogP contribution is 2.36. The minimum Gasteiger partial charge on any atom is -0.364 e. The number of aliphatic imine (C=N–C) groups is 1. The van der Waals surface area contributed by atoms with E-state index in [4.69, 9.17) is 4.99 Å². The van der Waals surface area contributed by atoms with Gasteiger partial charge in [0, 0.05) is 12.0 Å². The standard InChI is InChI=1S/C23H20F2N2/c1-15-12-13-19(24)18(21(15)25)14-20-26-22(16-8-4-2-5-9-16)23(27-20)17-10-6-3-7-11-17/h2-13,22-23H,14H2,1H3,(H,26,27). The van der Waals surface area contributed by atoms with Gasteiger partial charge in [-0.3, -0.25) is 4.99 Å². The summed E-state index contributed by atoms with van der Waals surface area (Å²) in [4.78, 5) is 4.80. The van der Waals surface area contributed by atoms with Gasteiger partial charge in [0.1, 0.15) is 23.5 Å². The lowest BCUT2D eigenvalue weighted by Gasteiger charge is -2.19. The van der Waals surface area contributed by atoms with E-state index >= 15 is 0 Å². The van der Waals surface area contributed by atoms with Crippen LogP contribution in [-0.2, 0) is 6.42 Å². The summed E-state index contributed by atoms with van der Waals surface area (Å²) in [5, 5.41) is 3.39. The van der Waals surface area contributed by atoms with E-state index in [9.17, 15) is 8.78 Å². The summed E-state index contributed by atoms with van der Waals surface area (Å²) >= 11 is 0. The summed E-state index contributed by atoms with van der Waals surface area (Å²) in [5.41, 5.74) is 2.65. The smallest absolute Gasteiger partial charge is 0.132 e. The SMILES string of the molecule is Cc1ccc(F)c(CC2=NC(c3ccccc3)C(c3ccccc3)N2)c1F. The van der Waals surface area contributed by atoms with Gasteiger partial charge < -0.3 is 5.32 Å². The molecule has 0 amide bonds. The fraction of sp³-hybridized carbons (Fsp3) is 0.174. The van der Waals surface area contributed by atoms with Crippen molar-refractivity contribution in [3.63, 3.8) is 0 Å². The molecular formula is C23H20F2N2. The largest absolute Gasteiger partial charge is 0.364 e. The maximum absolute atomic E-state index is 14.4. The lowest BCUT2D eigenvalue weighted by Crippen LogP contribution is -2.26. The number of amidine groups is 1. The number of hydrogen-bond donors (Lipinski definition) is 1. The molecule has 3 aromatic rings. The van der Waals surface area contributed by atoms with Gasteiger partial charge in [0.15, 0.2) is 0 Å². The Balaban J connectivity index is 1.69. The Morgan fingerprint density at radius 2 is 1.48 bits per heavy atom. The highest BCUT2D eigenvalue weighted by Gasteiger charge is 2.31. The van der Waals surface area contributed by atoms with Gasteiger partial charge in [-0.15, -0.1) is 0 Å². The highest BCUT2D eigenvalue weighted by atomic mass is 19.1. The van der Waals surface area contributed by atoms with Crippen LogP contribution in [0, 0.1) is 18.6 Å². The van der Waals surface area contributed by atoms with Crippen LogP contribution in [0.1, 0.15) is 34.3 Å². The summed E-state index contributed by atoms with van der Waals surface area (Å²) < 4.78 is 28.6. The molecule has 1 aliphatic rings. The van der Waals surface area contributed by atoms with Crippen molar-refractivity contribution in [3.05, 3.63) is 107 Å². The molecule has 4 heteroatoms. The van der Waals surface area contributed by atoms with Gasteiger partial charge in [0.2, 0.25) is 0 Å². The van der Waals surface area contributed by atoms with Crippen LogP contribution < -0.4 is 5.32 Å². The molecule has 2 nitrogen and oxygen atoms in total. The molecule has 27 heavy (non-hydrogen) atoms. The fourth-order valence-electron chi connectivity index (χ4n) is 3.52. The van der Waals surface area contributed by atoms with Gasteiger partial charge >= 0.3 is 0 Å². The van der Waals surface area contributed by atoms with E-state index in [1.54, 1.807) is 6.92 Å². The Hall–Kier alpha value is -3.01. The first-order valence-electron chi connectivity index (χ1n) is 9.00. The molecule has 0 saturated carbocycles. The minimum absolute atomic E-state index is 0.0572.